The normalized spacial score (nSPS) is 12.7. The summed E-state index contributed by atoms with van der Waals surface area (Å²) in [5, 5.41) is 11.7. The maximum Gasteiger partial charge on any atom is 0.350 e. The predicted molar refractivity (Wildman–Crippen MR) is 66.5 cm³/mol. The number of hydrogen-bond acceptors (Lipinski definition) is 6. The molecule has 0 fully saturated rings. The Morgan fingerprint density at radius 3 is 3.05 bits per heavy atom. The lowest BCUT2D eigenvalue weighted by atomic mass is 10.2. The van der Waals surface area contributed by atoms with E-state index in [9.17, 15) is 4.79 Å². The molecule has 1 aliphatic heterocycles. The van der Waals surface area contributed by atoms with Crippen molar-refractivity contribution in [3.63, 3.8) is 0 Å². The van der Waals surface area contributed by atoms with Gasteiger partial charge in [0.15, 0.2) is 17.1 Å². The van der Waals surface area contributed by atoms with Crippen molar-refractivity contribution in [2.75, 3.05) is 18.7 Å². The predicted octanol–water partition coefficient (Wildman–Crippen LogP) is 1.80. The van der Waals surface area contributed by atoms with Crippen LogP contribution < -0.4 is 14.8 Å². The molecule has 0 saturated carbocycles. The summed E-state index contributed by atoms with van der Waals surface area (Å²) in [6.45, 7) is 2.10. The molecule has 19 heavy (non-hydrogen) atoms. The van der Waals surface area contributed by atoms with Crippen LogP contribution in [0, 0.1) is 11.3 Å². The SMILES string of the molecule is CCOC(=O)/C(C#N)=C/Nc1ccc2c(c1)OCO2. The number of benzene rings is 1. The van der Waals surface area contributed by atoms with Crippen LogP contribution in [0.5, 0.6) is 11.5 Å². The third kappa shape index (κ3) is 2.96. The topological polar surface area (TPSA) is 80.6 Å². The maximum atomic E-state index is 11.4. The van der Waals surface area contributed by atoms with E-state index in [0.717, 1.165) is 0 Å². The second-order valence-electron chi connectivity index (χ2n) is 3.60. The van der Waals surface area contributed by atoms with Crippen LogP contribution in [0.25, 0.3) is 0 Å². The van der Waals surface area contributed by atoms with Crippen molar-refractivity contribution in [2.24, 2.45) is 0 Å². The van der Waals surface area contributed by atoms with E-state index >= 15 is 0 Å². The van der Waals surface area contributed by atoms with Gasteiger partial charge in [0.05, 0.1) is 6.61 Å². The van der Waals surface area contributed by atoms with Crippen LogP contribution in [0.4, 0.5) is 5.69 Å². The number of carbonyl (C=O) groups is 1. The molecule has 1 heterocycles. The van der Waals surface area contributed by atoms with Gasteiger partial charge in [-0.25, -0.2) is 4.79 Å². The zero-order valence-corrected chi connectivity index (χ0v) is 10.3. The Balaban J connectivity index is 2.08. The molecule has 6 heteroatoms. The van der Waals surface area contributed by atoms with Crippen LogP contribution in [0.1, 0.15) is 6.92 Å². The lowest BCUT2D eigenvalue weighted by Crippen LogP contribution is -2.07. The molecule has 0 bridgehead atoms. The molecule has 0 aromatic heterocycles. The maximum absolute atomic E-state index is 11.4. The number of hydrogen-bond donors (Lipinski definition) is 1. The van der Waals surface area contributed by atoms with E-state index in [1.165, 1.54) is 6.20 Å². The van der Waals surface area contributed by atoms with Crippen LogP contribution >= 0.6 is 0 Å². The zero-order chi connectivity index (χ0) is 13.7. The van der Waals surface area contributed by atoms with E-state index in [-0.39, 0.29) is 19.0 Å². The fraction of sp³-hybridized carbons (Fsp3) is 0.231. The van der Waals surface area contributed by atoms with Crippen LogP contribution in [0.15, 0.2) is 30.0 Å². The molecular weight excluding hydrogens is 248 g/mol. The average Bonchev–Trinajstić information content (AvgIpc) is 2.87. The van der Waals surface area contributed by atoms with Crippen molar-refractivity contribution in [1.82, 2.24) is 0 Å². The van der Waals surface area contributed by atoms with Gasteiger partial charge in [0.25, 0.3) is 0 Å². The number of carbonyl (C=O) groups excluding carboxylic acids is 1. The highest BCUT2D eigenvalue weighted by molar-refractivity contribution is 5.93. The second-order valence-corrected chi connectivity index (χ2v) is 3.60. The molecule has 98 valence electrons. The summed E-state index contributed by atoms with van der Waals surface area (Å²) in [6.07, 6.45) is 1.30. The minimum Gasteiger partial charge on any atom is -0.462 e. The number of nitrogens with one attached hydrogen (secondary N) is 1. The third-order valence-corrected chi connectivity index (χ3v) is 2.37. The van der Waals surface area contributed by atoms with Crippen molar-refractivity contribution >= 4 is 11.7 Å². The first kappa shape index (κ1) is 12.8. The van der Waals surface area contributed by atoms with Gasteiger partial charge < -0.3 is 19.5 Å². The Morgan fingerprint density at radius 2 is 2.32 bits per heavy atom. The molecule has 6 nitrogen and oxygen atoms in total. The highest BCUT2D eigenvalue weighted by Crippen LogP contribution is 2.34. The van der Waals surface area contributed by atoms with E-state index in [2.05, 4.69) is 5.32 Å². The van der Waals surface area contributed by atoms with Gasteiger partial charge in [0.1, 0.15) is 6.07 Å². The first-order valence-corrected chi connectivity index (χ1v) is 5.68. The Labute approximate surface area is 110 Å². The van der Waals surface area contributed by atoms with Crippen molar-refractivity contribution < 1.29 is 19.0 Å². The van der Waals surface area contributed by atoms with Crippen molar-refractivity contribution in [3.8, 4) is 17.6 Å². The van der Waals surface area contributed by atoms with Crippen molar-refractivity contribution in [1.29, 1.82) is 5.26 Å². The van der Waals surface area contributed by atoms with Gasteiger partial charge in [-0.3, -0.25) is 0 Å². The highest BCUT2D eigenvalue weighted by atomic mass is 16.7. The van der Waals surface area contributed by atoms with Crippen LogP contribution in [-0.2, 0) is 9.53 Å². The van der Waals surface area contributed by atoms with E-state index in [1.54, 1.807) is 31.2 Å². The second kappa shape index (κ2) is 5.78. The van der Waals surface area contributed by atoms with E-state index < -0.39 is 5.97 Å². The summed E-state index contributed by atoms with van der Waals surface area (Å²) < 4.78 is 15.1. The summed E-state index contributed by atoms with van der Waals surface area (Å²) in [5.41, 5.74) is 0.584. The minimum absolute atomic E-state index is 0.0977. The molecule has 2 rings (SSSR count). The van der Waals surface area contributed by atoms with Gasteiger partial charge in [-0.15, -0.1) is 0 Å². The van der Waals surface area contributed by atoms with E-state index in [0.29, 0.717) is 17.2 Å². The number of fused-ring (bicyclic) bond motifs is 1. The first-order valence-electron chi connectivity index (χ1n) is 5.68. The smallest absolute Gasteiger partial charge is 0.350 e. The largest absolute Gasteiger partial charge is 0.462 e. The third-order valence-electron chi connectivity index (χ3n) is 2.37. The summed E-state index contributed by atoms with van der Waals surface area (Å²) in [4.78, 5) is 11.4. The molecule has 1 aromatic rings. The lowest BCUT2D eigenvalue weighted by molar-refractivity contribution is -0.138. The Bertz CT molecular complexity index is 560. The number of rotatable bonds is 4. The van der Waals surface area contributed by atoms with Gasteiger partial charge in [0.2, 0.25) is 6.79 Å². The fourth-order valence-electron chi connectivity index (χ4n) is 1.49. The average molecular weight is 260 g/mol. The molecule has 0 atom stereocenters. The van der Waals surface area contributed by atoms with Crippen LogP contribution in [0.3, 0.4) is 0 Å². The first-order chi connectivity index (χ1) is 9.24. The molecule has 0 spiro atoms. The molecule has 1 aromatic carbocycles. The van der Waals surface area contributed by atoms with Crippen LogP contribution in [-0.4, -0.2) is 19.4 Å². The number of ether oxygens (including phenoxy) is 3. The van der Waals surface area contributed by atoms with E-state index in [1.807, 2.05) is 0 Å². The molecule has 0 aliphatic carbocycles. The standard InChI is InChI=1S/C13H12N2O4/c1-2-17-13(16)9(6-14)7-15-10-3-4-11-12(5-10)19-8-18-11/h3-5,7,15H,2,8H2,1H3/b9-7+. The van der Waals surface area contributed by atoms with Gasteiger partial charge in [-0.05, 0) is 19.1 Å². The summed E-state index contributed by atoms with van der Waals surface area (Å²) >= 11 is 0. The van der Waals surface area contributed by atoms with Gasteiger partial charge in [-0.2, -0.15) is 5.26 Å². The molecular formula is C13H12N2O4. The van der Waals surface area contributed by atoms with E-state index in [4.69, 9.17) is 19.5 Å². The van der Waals surface area contributed by atoms with Crippen molar-refractivity contribution in [2.45, 2.75) is 6.92 Å². The Hall–Kier alpha value is -2.68. The molecule has 0 amide bonds. The highest BCUT2D eigenvalue weighted by Gasteiger charge is 2.13. The number of esters is 1. The van der Waals surface area contributed by atoms with Crippen LogP contribution in [0.2, 0.25) is 0 Å². The molecule has 0 unspecified atom stereocenters. The lowest BCUT2D eigenvalue weighted by Gasteiger charge is -2.04. The van der Waals surface area contributed by atoms with Crippen molar-refractivity contribution in [3.05, 3.63) is 30.0 Å². The van der Waals surface area contributed by atoms with Gasteiger partial charge in [-0.1, -0.05) is 0 Å². The Kier molecular flexibility index (Phi) is 3.88. The Morgan fingerprint density at radius 1 is 1.53 bits per heavy atom. The monoisotopic (exact) mass is 260 g/mol. The fourth-order valence-corrected chi connectivity index (χ4v) is 1.49. The summed E-state index contributed by atoms with van der Waals surface area (Å²) in [5.74, 6) is 0.631. The van der Waals surface area contributed by atoms with Gasteiger partial charge >= 0.3 is 5.97 Å². The molecule has 0 radical (unpaired) electrons. The molecule has 0 saturated heterocycles. The number of anilines is 1. The molecule has 1 N–H and O–H groups in total. The quantitative estimate of drug-likeness (QED) is 0.505. The minimum atomic E-state index is -0.654. The zero-order valence-electron chi connectivity index (χ0n) is 10.3. The number of nitrogens with zero attached hydrogens (tertiary/aromatic N) is 1. The summed E-state index contributed by atoms with van der Waals surface area (Å²) in [7, 11) is 0. The van der Waals surface area contributed by atoms with Gasteiger partial charge in [0, 0.05) is 18.0 Å². The molecule has 1 aliphatic rings. The summed E-state index contributed by atoms with van der Waals surface area (Å²) in [6, 6.07) is 7.00. The number of nitriles is 1.